The van der Waals surface area contributed by atoms with E-state index in [1.54, 1.807) is 0 Å². The maximum absolute atomic E-state index is 12.9. The summed E-state index contributed by atoms with van der Waals surface area (Å²) in [5.74, 6) is -0.875. The zero-order chi connectivity index (χ0) is 10.0. The van der Waals surface area contributed by atoms with Crippen LogP contribution < -0.4 is 0 Å². The van der Waals surface area contributed by atoms with Gasteiger partial charge in [-0.3, -0.25) is 10.1 Å². The molecule has 0 bridgehead atoms. The predicted molar refractivity (Wildman–Crippen MR) is 43.7 cm³/mol. The van der Waals surface area contributed by atoms with Crippen molar-refractivity contribution in [3.05, 3.63) is 39.2 Å². The molecule has 1 rings (SSSR count). The number of hydrogen-bond donors (Lipinski definition) is 1. The Labute approximate surface area is 73.8 Å². The highest BCUT2D eigenvalue weighted by Gasteiger charge is 2.19. The van der Waals surface area contributed by atoms with Crippen LogP contribution in [0.5, 0.6) is 0 Å². The number of halogens is 1. The Kier molecular flexibility index (Phi) is 2.57. The molecular formula is C8H8FNO3. The average molecular weight is 185 g/mol. The number of nitrogens with zero attached hydrogens (tertiary/aromatic N) is 1. The van der Waals surface area contributed by atoms with Crippen molar-refractivity contribution < 1.29 is 14.4 Å². The first-order chi connectivity index (χ1) is 6.07. The normalized spacial score (nSPS) is 10.1. The van der Waals surface area contributed by atoms with Crippen LogP contribution in [0.3, 0.4) is 0 Å². The van der Waals surface area contributed by atoms with Crippen molar-refractivity contribution in [3.8, 4) is 0 Å². The number of rotatable bonds is 2. The van der Waals surface area contributed by atoms with E-state index < -0.39 is 16.4 Å². The van der Waals surface area contributed by atoms with Crippen LogP contribution in [0.4, 0.5) is 10.1 Å². The molecule has 0 spiro atoms. The Balaban J connectivity index is 3.38. The number of hydrogen-bond acceptors (Lipinski definition) is 3. The molecule has 0 amide bonds. The van der Waals surface area contributed by atoms with Crippen LogP contribution in [0, 0.1) is 22.9 Å². The van der Waals surface area contributed by atoms with E-state index in [4.69, 9.17) is 5.11 Å². The minimum atomic E-state index is -0.875. The molecule has 0 aliphatic carbocycles. The SMILES string of the molecule is Cc1c(CO)ccc(F)c1[N+](=O)[O-]. The lowest BCUT2D eigenvalue weighted by Crippen LogP contribution is -1.99. The van der Waals surface area contributed by atoms with Gasteiger partial charge in [0.2, 0.25) is 5.82 Å². The fourth-order valence-corrected chi connectivity index (χ4v) is 1.10. The Bertz CT molecular complexity index is 351. The zero-order valence-corrected chi connectivity index (χ0v) is 6.95. The van der Waals surface area contributed by atoms with E-state index in [0.29, 0.717) is 5.56 Å². The van der Waals surface area contributed by atoms with Gasteiger partial charge in [-0.15, -0.1) is 0 Å². The number of benzene rings is 1. The third-order valence-corrected chi connectivity index (χ3v) is 1.85. The minimum absolute atomic E-state index is 0.174. The first kappa shape index (κ1) is 9.60. The van der Waals surface area contributed by atoms with Crippen LogP contribution in [0.1, 0.15) is 11.1 Å². The predicted octanol–water partition coefficient (Wildman–Crippen LogP) is 1.53. The van der Waals surface area contributed by atoms with Crippen molar-refractivity contribution >= 4 is 5.69 Å². The van der Waals surface area contributed by atoms with Gasteiger partial charge in [-0.1, -0.05) is 6.07 Å². The fraction of sp³-hybridized carbons (Fsp3) is 0.250. The number of nitro benzene ring substituents is 1. The molecule has 0 radical (unpaired) electrons. The molecule has 5 heteroatoms. The smallest absolute Gasteiger partial charge is 0.308 e. The maximum atomic E-state index is 12.9. The van der Waals surface area contributed by atoms with E-state index in [1.807, 2.05) is 0 Å². The standard InChI is InChI=1S/C8H8FNO3/c1-5-6(4-11)2-3-7(9)8(5)10(12)13/h2-3,11H,4H2,1H3. The molecule has 70 valence electrons. The zero-order valence-electron chi connectivity index (χ0n) is 6.95. The molecule has 0 aliphatic rings. The quantitative estimate of drug-likeness (QED) is 0.561. The molecule has 0 unspecified atom stereocenters. The molecule has 1 N–H and O–H groups in total. The van der Waals surface area contributed by atoms with Crippen LogP contribution >= 0.6 is 0 Å². The second-order valence-electron chi connectivity index (χ2n) is 2.60. The Morgan fingerprint density at radius 2 is 2.23 bits per heavy atom. The number of aliphatic hydroxyl groups excluding tert-OH is 1. The lowest BCUT2D eigenvalue weighted by molar-refractivity contribution is -0.388. The first-order valence-corrected chi connectivity index (χ1v) is 3.61. The molecule has 4 nitrogen and oxygen atoms in total. The maximum Gasteiger partial charge on any atom is 0.308 e. The summed E-state index contributed by atoms with van der Waals surface area (Å²) in [4.78, 5) is 9.61. The average Bonchev–Trinajstić information content (AvgIpc) is 2.04. The highest BCUT2D eigenvalue weighted by molar-refractivity contribution is 5.45. The fourth-order valence-electron chi connectivity index (χ4n) is 1.10. The molecule has 0 fully saturated rings. The van der Waals surface area contributed by atoms with E-state index in [0.717, 1.165) is 6.07 Å². The van der Waals surface area contributed by atoms with Gasteiger partial charge < -0.3 is 5.11 Å². The third kappa shape index (κ3) is 1.65. The number of aliphatic hydroxyl groups is 1. The first-order valence-electron chi connectivity index (χ1n) is 3.61. The van der Waals surface area contributed by atoms with Crippen LogP contribution in [0.15, 0.2) is 12.1 Å². The monoisotopic (exact) mass is 185 g/mol. The Hall–Kier alpha value is -1.49. The largest absolute Gasteiger partial charge is 0.392 e. The third-order valence-electron chi connectivity index (χ3n) is 1.85. The molecule has 0 saturated heterocycles. The molecule has 1 aromatic rings. The van der Waals surface area contributed by atoms with E-state index >= 15 is 0 Å². The summed E-state index contributed by atoms with van der Waals surface area (Å²) in [7, 11) is 0. The highest BCUT2D eigenvalue weighted by Crippen LogP contribution is 2.24. The summed E-state index contributed by atoms with van der Waals surface area (Å²) in [6.07, 6.45) is 0. The van der Waals surface area contributed by atoms with Gasteiger partial charge in [0, 0.05) is 5.56 Å². The van der Waals surface area contributed by atoms with Crippen LogP contribution in [-0.4, -0.2) is 10.0 Å². The van der Waals surface area contributed by atoms with Crippen molar-refractivity contribution in [2.24, 2.45) is 0 Å². The van der Waals surface area contributed by atoms with Crippen molar-refractivity contribution in [1.29, 1.82) is 0 Å². The van der Waals surface area contributed by atoms with Crippen LogP contribution in [0.25, 0.3) is 0 Å². The molecule has 0 atom stereocenters. The molecule has 0 aliphatic heterocycles. The van der Waals surface area contributed by atoms with Gasteiger partial charge >= 0.3 is 5.69 Å². The molecule has 0 aromatic heterocycles. The highest BCUT2D eigenvalue weighted by atomic mass is 19.1. The van der Waals surface area contributed by atoms with Gasteiger partial charge in [-0.05, 0) is 18.6 Å². The number of nitro groups is 1. The van der Waals surface area contributed by atoms with Crippen molar-refractivity contribution in [3.63, 3.8) is 0 Å². The van der Waals surface area contributed by atoms with Gasteiger partial charge in [0.1, 0.15) is 0 Å². The summed E-state index contributed by atoms with van der Waals surface area (Å²) in [6, 6.07) is 2.31. The van der Waals surface area contributed by atoms with Crippen LogP contribution in [0.2, 0.25) is 0 Å². The molecule has 1 aromatic carbocycles. The lowest BCUT2D eigenvalue weighted by Gasteiger charge is -2.03. The van der Waals surface area contributed by atoms with Crippen molar-refractivity contribution in [1.82, 2.24) is 0 Å². The van der Waals surface area contributed by atoms with E-state index in [1.165, 1.54) is 13.0 Å². The van der Waals surface area contributed by atoms with Gasteiger partial charge in [-0.25, -0.2) is 0 Å². The summed E-state index contributed by atoms with van der Waals surface area (Å²) in [5, 5.41) is 19.2. The topological polar surface area (TPSA) is 63.4 Å². The molecule has 13 heavy (non-hydrogen) atoms. The Morgan fingerprint density at radius 1 is 1.62 bits per heavy atom. The lowest BCUT2D eigenvalue weighted by atomic mass is 10.1. The molecule has 0 saturated carbocycles. The van der Waals surface area contributed by atoms with Gasteiger partial charge in [-0.2, -0.15) is 4.39 Å². The van der Waals surface area contributed by atoms with Crippen LogP contribution in [-0.2, 0) is 6.61 Å². The summed E-state index contributed by atoms with van der Waals surface area (Å²) in [5.41, 5.74) is -0.0212. The summed E-state index contributed by atoms with van der Waals surface area (Å²) in [6.45, 7) is 1.08. The molecule has 0 heterocycles. The van der Waals surface area contributed by atoms with Gasteiger partial charge in [0.05, 0.1) is 11.5 Å². The van der Waals surface area contributed by atoms with E-state index in [2.05, 4.69) is 0 Å². The van der Waals surface area contributed by atoms with Gasteiger partial charge in [0.15, 0.2) is 0 Å². The molecular weight excluding hydrogens is 177 g/mol. The van der Waals surface area contributed by atoms with Crippen molar-refractivity contribution in [2.75, 3.05) is 0 Å². The Morgan fingerprint density at radius 3 is 2.69 bits per heavy atom. The van der Waals surface area contributed by atoms with E-state index in [9.17, 15) is 14.5 Å². The minimum Gasteiger partial charge on any atom is -0.392 e. The van der Waals surface area contributed by atoms with E-state index in [-0.39, 0.29) is 12.2 Å². The van der Waals surface area contributed by atoms with Crippen molar-refractivity contribution in [2.45, 2.75) is 13.5 Å². The summed E-state index contributed by atoms with van der Waals surface area (Å²) >= 11 is 0. The summed E-state index contributed by atoms with van der Waals surface area (Å²) < 4.78 is 12.9. The second kappa shape index (κ2) is 3.49. The van der Waals surface area contributed by atoms with Gasteiger partial charge in [0.25, 0.3) is 0 Å². The second-order valence-corrected chi connectivity index (χ2v) is 2.60.